The molecule has 1 aromatic carbocycles. The van der Waals surface area contributed by atoms with Gasteiger partial charge in [-0.1, -0.05) is 30.3 Å². The Hall–Kier alpha value is -2.61. The van der Waals surface area contributed by atoms with Gasteiger partial charge in [-0.2, -0.15) is 0 Å². The minimum Gasteiger partial charge on any atom is -0.506 e. The minimum absolute atomic E-state index is 0.0800. The Morgan fingerprint density at radius 3 is 2.22 bits per heavy atom. The van der Waals surface area contributed by atoms with Gasteiger partial charge in [-0.3, -0.25) is 9.59 Å². The van der Waals surface area contributed by atoms with Gasteiger partial charge in [0.1, 0.15) is 10.2 Å². The second kappa shape index (κ2) is 8.14. The molecule has 0 atom stereocenters. The van der Waals surface area contributed by atoms with Crippen molar-refractivity contribution in [1.82, 2.24) is 0 Å². The maximum atomic E-state index is 12.1. The predicted octanol–water partition coefficient (Wildman–Crippen LogP) is 1.74. The number of aliphatic hydroxyl groups is 2. The van der Waals surface area contributed by atoms with Gasteiger partial charge in [-0.25, -0.2) is 4.79 Å². The van der Waals surface area contributed by atoms with Gasteiger partial charge in [0.2, 0.25) is 5.78 Å². The van der Waals surface area contributed by atoms with Crippen LogP contribution in [0.2, 0.25) is 0 Å². The number of ketones is 1. The fourth-order valence-electron chi connectivity index (χ4n) is 1.56. The molecular weight excluding hydrogens is 370 g/mol. The zero-order chi connectivity index (χ0) is 17.6. The van der Waals surface area contributed by atoms with Crippen LogP contribution in [0.15, 0.2) is 46.1 Å². The zero-order valence-corrected chi connectivity index (χ0v) is 13.7. The molecule has 1 amide bonds. The van der Waals surface area contributed by atoms with Crippen molar-refractivity contribution in [2.24, 2.45) is 5.73 Å². The molecular formula is C15H14BrNO6. The van der Waals surface area contributed by atoms with Gasteiger partial charge in [0.05, 0.1) is 6.61 Å². The fraction of sp³-hybridized carbons (Fsp3) is 0.133. The van der Waals surface area contributed by atoms with Crippen molar-refractivity contribution in [3.8, 4) is 0 Å². The maximum absolute atomic E-state index is 12.1. The van der Waals surface area contributed by atoms with Crippen molar-refractivity contribution in [1.29, 1.82) is 0 Å². The number of primary amides is 1. The highest BCUT2D eigenvalue weighted by Crippen LogP contribution is 2.24. The van der Waals surface area contributed by atoms with Crippen LogP contribution in [-0.4, -0.2) is 34.5 Å². The molecule has 8 heteroatoms. The summed E-state index contributed by atoms with van der Waals surface area (Å²) in [5.41, 5.74) is 4.29. The molecule has 1 rings (SSSR count). The largest absolute Gasteiger partial charge is 0.506 e. The summed E-state index contributed by atoms with van der Waals surface area (Å²) in [6.45, 7) is 1.40. The van der Waals surface area contributed by atoms with Crippen LogP contribution in [0.25, 0.3) is 5.76 Å². The van der Waals surface area contributed by atoms with E-state index in [4.69, 9.17) is 5.73 Å². The Balaban J connectivity index is 3.31. The van der Waals surface area contributed by atoms with E-state index in [1.165, 1.54) is 19.1 Å². The lowest BCUT2D eigenvalue weighted by Gasteiger charge is -2.08. The number of allylic oxidation sites excluding steroid dienone is 1. The van der Waals surface area contributed by atoms with Crippen LogP contribution in [0.4, 0.5) is 0 Å². The Labute approximate surface area is 140 Å². The average Bonchev–Trinajstić information content (AvgIpc) is 2.53. The van der Waals surface area contributed by atoms with E-state index >= 15 is 0 Å². The molecule has 0 bridgehead atoms. The molecule has 122 valence electrons. The van der Waals surface area contributed by atoms with E-state index in [1.807, 2.05) is 0 Å². The Bertz CT molecular complexity index is 693. The summed E-state index contributed by atoms with van der Waals surface area (Å²) < 4.78 is 4.12. The number of amides is 1. The smallest absolute Gasteiger partial charge is 0.347 e. The number of Topliss-reactive ketones (excluding diaryl/α,β-unsaturated/α-hetero) is 1. The van der Waals surface area contributed by atoms with Crippen LogP contribution < -0.4 is 5.73 Å². The molecule has 7 nitrogen and oxygen atoms in total. The summed E-state index contributed by atoms with van der Waals surface area (Å²) in [4.78, 5) is 35.0. The van der Waals surface area contributed by atoms with Gasteiger partial charge < -0.3 is 20.7 Å². The summed E-state index contributed by atoms with van der Waals surface area (Å²) >= 11 is 2.83. The SMILES string of the molecule is CCOC(=O)C(C(N)=O)=C(O)C(=O)C(Br)=C(O)c1ccccc1. The third kappa shape index (κ3) is 4.43. The summed E-state index contributed by atoms with van der Waals surface area (Å²) in [7, 11) is 0. The Kier molecular flexibility index (Phi) is 6.52. The molecule has 0 aliphatic rings. The van der Waals surface area contributed by atoms with Crippen molar-refractivity contribution in [3.63, 3.8) is 0 Å². The number of aliphatic hydroxyl groups excluding tert-OH is 2. The molecule has 0 aliphatic heterocycles. The van der Waals surface area contributed by atoms with Crippen LogP contribution in [0, 0.1) is 0 Å². The number of carbonyl (C=O) groups is 3. The zero-order valence-electron chi connectivity index (χ0n) is 12.1. The monoisotopic (exact) mass is 383 g/mol. The molecule has 0 heterocycles. The van der Waals surface area contributed by atoms with Crippen molar-refractivity contribution < 1.29 is 29.3 Å². The average molecular weight is 384 g/mol. The van der Waals surface area contributed by atoms with E-state index in [0.717, 1.165) is 0 Å². The summed E-state index contributed by atoms with van der Waals surface area (Å²) in [5, 5.41) is 19.9. The Morgan fingerprint density at radius 2 is 1.74 bits per heavy atom. The van der Waals surface area contributed by atoms with Gasteiger partial charge in [-0.15, -0.1) is 0 Å². The minimum atomic E-state index is -1.33. The van der Waals surface area contributed by atoms with Crippen LogP contribution in [0.5, 0.6) is 0 Å². The molecule has 4 N–H and O–H groups in total. The van der Waals surface area contributed by atoms with Gasteiger partial charge in [0, 0.05) is 5.56 Å². The molecule has 23 heavy (non-hydrogen) atoms. The first kappa shape index (κ1) is 18.4. The third-order valence-corrected chi connectivity index (χ3v) is 3.37. The topological polar surface area (TPSA) is 127 Å². The van der Waals surface area contributed by atoms with Crippen LogP contribution in [0.1, 0.15) is 12.5 Å². The highest BCUT2D eigenvalue weighted by molar-refractivity contribution is 9.12. The summed E-state index contributed by atoms with van der Waals surface area (Å²) in [5.74, 6) is -5.44. The number of esters is 1. The second-order valence-corrected chi connectivity index (χ2v) is 4.96. The van der Waals surface area contributed by atoms with Crippen molar-refractivity contribution in [3.05, 3.63) is 51.7 Å². The number of benzene rings is 1. The maximum Gasteiger partial charge on any atom is 0.347 e. The number of nitrogens with two attached hydrogens (primary N) is 1. The summed E-state index contributed by atoms with van der Waals surface area (Å²) in [6.07, 6.45) is 0. The predicted molar refractivity (Wildman–Crippen MR) is 85.4 cm³/mol. The molecule has 0 aromatic heterocycles. The number of hydrogen-bond acceptors (Lipinski definition) is 6. The highest BCUT2D eigenvalue weighted by atomic mass is 79.9. The standard InChI is InChI=1S/C15H14BrNO6/c1-2-23-15(22)9(14(17)21)12(19)13(20)10(16)11(18)8-6-4-3-5-7-8/h3-7,18-19H,2H2,1H3,(H2,17,21). The third-order valence-electron chi connectivity index (χ3n) is 2.63. The van der Waals surface area contributed by atoms with Crippen LogP contribution in [-0.2, 0) is 19.1 Å². The first-order valence-corrected chi connectivity index (χ1v) is 7.19. The van der Waals surface area contributed by atoms with Gasteiger partial charge in [0.15, 0.2) is 11.3 Å². The van der Waals surface area contributed by atoms with E-state index in [0.29, 0.717) is 0 Å². The molecule has 1 aromatic rings. The quantitative estimate of drug-likeness (QED) is 0.225. The first-order valence-electron chi connectivity index (χ1n) is 6.40. The lowest BCUT2D eigenvalue weighted by molar-refractivity contribution is -0.140. The highest BCUT2D eigenvalue weighted by Gasteiger charge is 2.29. The van der Waals surface area contributed by atoms with E-state index in [2.05, 4.69) is 20.7 Å². The van der Waals surface area contributed by atoms with Crippen LogP contribution >= 0.6 is 15.9 Å². The lowest BCUT2D eigenvalue weighted by Crippen LogP contribution is -2.26. The number of rotatable bonds is 6. The van der Waals surface area contributed by atoms with E-state index in [1.54, 1.807) is 18.2 Å². The van der Waals surface area contributed by atoms with Crippen molar-refractivity contribution in [2.75, 3.05) is 6.61 Å². The van der Waals surface area contributed by atoms with Crippen molar-refractivity contribution >= 4 is 39.3 Å². The molecule has 0 radical (unpaired) electrons. The molecule has 0 spiro atoms. The number of carbonyl (C=O) groups excluding carboxylic acids is 3. The second-order valence-electron chi connectivity index (χ2n) is 4.17. The fourth-order valence-corrected chi connectivity index (χ4v) is 1.98. The molecule has 0 aliphatic carbocycles. The molecule has 0 saturated carbocycles. The van der Waals surface area contributed by atoms with Gasteiger partial charge in [-0.05, 0) is 22.9 Å². The van der Waals surface area contributed by atoms with E-state index < -0.39 is 39.2 Å². The van der Waals surface area contributed by atoms with E-state index in [-0.39, 0.29) is 12.2 Å². The molecule has 0 fully saturated rings. The normalized spacial score (nSPS) is 12.8. The van der Waals surface area contributed by atoms with Crippen molar-refractivity contribution in [2.45, 2.75) is 6.92 Å². The van der Waals surface area contributed by atoms with Gasteiger partial charge >= 0.3 is 5.97 Å². The molecule has 0 saturated heterocycles. The lowest BCUT2D eigenvalue weighted by atomic mass is 10.1. The summed E-state index contributed by atoms with van der Waals surface area (Å²) in [6, 6.07) is 7.99. The Morgan fingerprint density at radius 1 is 1.17 bits per heavy atom. The number of hydrogen-bond donors (Lipinski definition) is 3. The first-order chi connectivity index (χ1) is 10.8. The van der Waals surface area contributed by atoms with Crippen LogP contribution in [0.3, 0.4) is 0 Å². The van der Waals surface area contributed by atoms with Gasteiger partial charge in [0.25, 0.3) is 5.91 Å². The number of ether oxygens (including phenoxy) is 1. The van der Waals surface area contributed by atoms with E-state index in [9.17, 15) is 24.6 Å². The molecule has 0 unspecified atom stereocenters. The number of halogens is 1.